The minimum absolute atomic E-state index is 0.106. The maximum absolute atomic E-state index is 12.4. The van der Waals surface area contributed by atoms with Crippen molar-refractivity contribution >= 4 is 17.5 Å². The normalized spacial score (nSPS) is 12.0. The number of rotatable bonds is 7. The number of nitrogens with one attached hydrogen (secondary N) is 2. The van der Waals surface area contributed by atoms with Gasteiger partial charge in [0.15, 0.2) is 22.9 Å². The summed E-state index contributed by atoms with van der Waals surface area (Å²) in [7, 11) is 0. The summed E-state index contributed by atoms with van der Waals surface area (Å²) in [5, 5.41) is 25.4. The van der Waals surface area contributed by atoms with Crippen LogP contribution in [0.1, 0.15) is 22.6 Å². The van der Waals surface area contributed by atoms with Crippen LogP contribution in [0, 0.1) is 6.92 Å². The van der Waals surface area contributed by atoms with Crippen molar-refractivity contribution in [1.82, 2.24) is 24.8 Å². The number of fused-ring (bicyclic) bond motifs is 1. The van der Waals surface area contributed by atoms with Crippen molar-refractivity contribution in [3.05, 3.63) is 42.1 Å². The molecule has 0 saturated heterocycles. The highest BCUT2D eigenvalue weighted by Gasteiger charge is 2.17. The zero-order valence-electron chi connectivity index (χ0n) is 16.1. The van der Waals surface area contributed by atoms with Gasteiger partial charge in [-0.2, -0.15) is 0 Å². The van der Waals surface area contributed by atoms with Crippen molar-refractivity contribution in [3.63, 3.8) is 0 Å². The molecule has 30 heavy (non-hydrogen) atoms. The number of imidazole rings is 1. The maximum Gasteiger partial charge on any atom is 0.273 e. The van der Waals surface area contributed by atoms with Gasteiger partial charge in [-0.3, -0.25) is 4.79 Å². The fourth-order valence-corrected chi connectivity index (χ4v) is 2.88. The summed E-state index contributed by atoms with van der Waals surface area (Å²) < 4.78 is 12.2. The Kier molecular flexibility index (Phi) is 5.24. The molecule has 0 unspecified atom stereocenters. The largest absolute Gasteiger partial charge is 0.504 e. The molecule has 2 aromatic heterocycles. The lowest BCUT2D eigenvalue weighted by molar-refractivity contribution is 0.0944. The molecule has 4 rings (SSSR count). The number of carbonyl (C=O) groups is 1. The number of carbonyl (C=O) groups excluding carboxylic acids is 1. The van der Waals surface area contributed by atoms with E-state index in [0.29, 0.717) is 42.4 Å². The molecule has 0 saturated carbocycles. The Morgan fingerprint density at radius 2 is 2.07 bits per heavy atom. The van der Waals surface area contributed by atoms with Gasteiger partial charge in [-0.1, -0.05) is 0 Å². The molecule has 3 heterocycles. The molecule has 4 N–H and O–H groups in total. The molecule has 1 amide bonds. The van der Waals surface area contributed by atoms with Crippen LogP contribution < -0.4 is 20.1 Å². The molecule has 11 nitrogen and oxygen atoms in total. The molecule has 1 aliphatic rings. The minimum Gasteiger partial charge on any atom is -0.504 e. The van der Waals surface area contributed by atoms with Gasteiger partial charge < -0.3 is 34.9 Å². The number of aryl methyl sites for hydroxylation is 2. The lowest BCUT2D eigenvalue weighted by Gasteiger charge is -2.10. The van der Waals surface area contributed by atoms with Crippen LogP contribution in [0.3, 0.4) is 0 Å². The first kappa shape index (κ1) is 19.3. The van der Waals surface area contributed by atoms with Crippen LogP contribution >= 0.6 is 0 Å². The van der Waals surface area contributed by atoms with Crippen LogP contribution in [0.4, 0.5) is 11.6 Å². The van der Waals surface area contributed by atoms with Crippen LogP contribution in [0.2, 0.25) is 0 Å². The molecule has 0 fully saturated rings. The van der Waals surface area contributed by atoms with E-state index in [1.807, 2.05) is 0 Å². The zero-order chi connectivity index (χ0) is 21.1. The van der Waals surface area contributed by atoms with Crippen molar-refractivity contribution in [2.75, 3.05) is 18.7 Å². The fourth-order valence-electron chi connectivity index (χ4n) is 2.88. The Labute approximate surface area is 171 Å². The summed E-state index contributed by atoms with van der Waals surface area (Å²) in [6, 6.07) is 5.24. The second-order valence-corrected chi connectivity index (χ2v) is 6.58. The van der Waals surface area contributed by atoms with Crippen LogP contribution in [-0.2, 0) is 6.54 Å². The summed E-state index contributed by atoms with van der Waals surface area (Å²) in [6.45, 7) is 2.68. The van der Waals surface area contributed by atoms with E-state index in [1.54, 1.807) is 29.7 Å². The molecule has 0 atom stereocenters. The van der Waals surface area contributed by atoms with Gasteiger partial charge in [-0.15, -0.1) is 0 Å². The van der Waals surface area contributed by atoms with Crippen LogP contribution in [0.15, 0.2) is 30.7 Å². The Balaban J connectivity index is 1.36. The highest BCUT2D eigenvalue weighted by molar-refractivity contribution is 5.95. The third kappa shape index (κ3) is 4.04. The monoisotopic (exact) mass is 412 g/mol. The first-order chi connectivity index (χ1) is 14.5. The van der Waals surface area contributed by atoms with Crippen LogP contribution in [-0.4, -0.2) is 49.0 Å². The number of nitrogens with zero attached hydrogens (tertiary/aromatic N) is 4. The lowest BCUT2D eigenvalue weighted by atomic mass is 10.3. The lowest BCUT2D eigenvalue weighted by Crippen LogP contribution is -2.26. The summed E-state index contributed by atoms with van der Waals surface area (Å²) in [5.41, 5.74) is 1.05. The Morgan fingerprint density at radius 3 is 2.87 bits per heavy atom. The average Bonchev–Trinajstić information content (AvgIpc) is 3.33. The molecule has 11 heteroatoms. The fraction of sp³-hybridized carbons (Fsp3) is 0.263. The van der Waals surface area contributed by atoms with Gasteiger partial charge in [0.2, 0.25) is 18.6 Å². The summed E-state index contributed by atoms with van der Waals surface area (Å²) in [5.74, 6) is 0.633. The number of hydrogen-bond donors (Lipinski definition) is 4. The Morgan fingerprint density at radius 1 is 1.23 bits per heavy atom. The third-order valence-corrected chi connectivity index (χ3v) is 4.46. The predicted molar refractivity (Wildman–Crippen MR) is 105 cm³/mol. The van der Waals surface area contributed by atoms with E-state index in [2.05, 4.69) is 25.6 Å². The number of aromatic hydroxyl groups is 2. The Bertz CT molecular complexity index is 1080. The molecular formula is C19H20N6O5. The Hall–Kier alpha value is -4.02. The highest BCUT2D eigenvalue weighted by Crippen LogP contribution is 2.34. The SMILES string of the molecule is Cc1ncn(CCCNC(=O)c2nc(Nc3ccc4c(c3)OCO4)ncc2O)c1O. The second kappa shape index (κ2) is 8.15. The predicted octanol–water partition coefficient (Wildman–Crippen LogP) is 1.69. The summed E-state index contributed by atoms with van der Waals surface area (Å²) in [6.07, 6.45) is 3.25. The maximum atomic E-state index is 12.4. The molecule has 156 valence electrons. The first-order valence-electron chi connectivity index (χ1n) is 9.23. The van der Waals surface area contributed by atoms with Crippen molar-refractivity contribution < 1.29 is 24.5 Å². The van der Waals surface area contributed by atoms with Crippen molar-refractivity contribution in [2.45, 2.75) is 19.9 Å². The van der Waals surface area contributed by atoms with Gasteiger partial charge in [0.25, 0.3) is 5.91 Å². The van der Waals surface area contributed by atoms with Crippen molar-refractivity contribution in [2.24, 2.45) is 0 Å². The molecule has 0 bridgehead atoms. The van der Waals surface area contributed by atoms with Crippen LogP contribution in [0.25, 0.3) is 0 Å². The van der Waals surface area contributed by atoms with E-state index in [0.717, 1.165) is 6.20 Å². The molecule has 0 aliphatic carbocycles. The van der Waals surface area contributed by atoms with Gasteiger partial charge in [-0.25, -0.2) is 15.0 Å². The molecule has 0 radical (unpaired) electrons. The van der Waals surface area contributed by atoms with Crippen molar-refractivity contribution in [1.29, 1.82) is 0 Å². The third-order valence-electron chi connectivity index (χ3n) is 4.46. The van der Waals surface area contributed by atoms with E-state index in [-0.39, 0.29) is 30.1 Å². The number of anilines is 2. The summed E-state index contributed by atoms with van der Waals surface area (Å²) >= 11 is 0. The number of amides is 1. The molecular weight excluding hydrogens is 392 g/mol. The quantitative estimate of drug-likeness (QED) is 0.426. The van der Waals surface area contributed by atoms with E-state index in [9.17, 15) is 15.0 Å². The number of aromatic nitrogens is 4. The average molecular weight is 412 g/mol. The highest BCUT2D eigenvalue weighted by atomic mass is 16.7. The van der Waals surface area contributed by atoms with Crippen LogP contribution in [0.5, 0.6) is 23.1 Å². The molecule has 1 aromatic carbocycles. The van der Waals surface area contributed by atoms with E-state index in [4.69, 9.17) is 9.47 Å². The first-order valence-corrected chi connectivity index (χ1v) is 9.23. The number of hydrogen-bond acceptors (Lipinski definition) is 9. The topological polar surface area (TPSA) is 144 Å². The smallest absolute Gasteiger partial charge is 0.273 e. The van der Waals surface area contributed by atoms with Gasteiger partial charge in [-0.05, 0) is 25.5 Å². The van der Waals surface area contributed by atoms with Gasteiger partial charge >= 0.3 is 0 Å². The zero-order valence-corrected chi connectivity index (χ0v) is 16.1. The minimum atomic E-state index is -0.533. The van der Waals surface area contributed by atoms with E-state index in [1.165, 1.54) is 6.33 Å². The van der Waals surface area contributed by atoms with Gasteiger partial charge in [0.05, 0.1) is 18.2 Å². The van der Waals surface area contributed by atoms with Gasteiger partial charge in [0, 0.05) is 24.8 Å². The standard InChI is InChI=1S/C19H20N6O5/c1-11-18(28)25(9-22-11)6-2-5-20-17(27)16-13(26)8-21-19(24-16)23-12-3-4-14-15(7-12)30-10-29-14/h3-4,7-9,26,28H,2,5-6,10H2,1H3,(H,20,27)(H,21,23,24). The van der Waals surface area contributed by atoms with Gasteiger partial charge in [0.1, 0.15) is 0 Å². The summed E-state index contributed by atoms with van der Waals surface area (Å²) in [4.78, 5) is 24.5. The number of ether oxygens (including phenoxy) is 2. The van der Waals surface area contributed by atoms with E-state index < -0.39 is 5.91 Å². The molecule has 3 aromatic rings. The molecule has 0 spiro atoms. The molecule has 1 aliphatic heterocycles. The van der Waals surface area contributed by atoms with E-state index >= 15 is 0 Å². The number of benzene rings is 1. The van der Waals surface area contributed by atoms with Crippen molar-refractivity contribution in [3.8, 4) is 23.1 Å². The second-order valence-electron chi connectivity index (χ2n) is 6.58.